The molecule has 0 aromatic heterocycles. The zero-order valence-electron chi connectivity index (χ0n) is 18.7. The van der Waals surface area contributed by atoms with Crippen molar-refractivity contribution in [1.82, 2.24) is 5.32 Å². The molecule has 0 bridgehead atoms. The molecule has 0 fully saturated rings. The normalized spacial score (nSPS) is 12.0. The van der Waals surface area contributed by atoms with Crippen molar-refractivity contribution in [3.8, 4) is 11.1 Å². The van der Waals surface area contributed by atoms with Crippen molar-refractivity contribution in [2.75, 3.05) is 0 Å². The molecule has 3 rings (SSSR count). The molecule has 0 spiro atoms. The van der Waals surface area contributed by atoms with Gasteiger partial charge in [-0.05, 0) is 43.0 Å². The molecule has 1 amide bonds. The third-order valence-electron chi connectivity index (χ3n) is 4.70. The van der Waals surface area contributed by atoms with Gasteiger partial charge in [0.25, 0.3) is 0 Å². The number of ether oxygens (including phenoxy) is 2. The van der Waals surface area contributed by atoms with E-state index in [0.29, 0.717) is 6.42 Å². The first-order valence-corrected chi connectivity index (χ1v) is 10.6. The fourth-order valence-electron chi connectivity index (χ4n) is 3.17. The molecule has 0 heterocycles. The van der Waals surface area contributed by atoms with Gasteiger partial charge in [0.2, 0.25) is 0 Å². The number of esters is 1. The van der Waals surface area contributed by atoms with Gasteiger partial charge in [0, 0.05) is 6.42 Å². The van der Waals surface area contributed by atoms with Crippen LogP contribution in [0.4, 0.5) is 4.79 Å². The van der Waals surface area contributed by atoms with Crippen molar-refractivity contribution < 1.29 is 19.1 Å². The van der Waals surface area contributed by atoms with E-state index < -0.39 is 23.7 Å². The minimum atomic E-state index is -0.865. The van der Waals surface area contributed by atoms with E-state index in [9.17, 15) is 9.59 Å². The van der Waals surface area contributed by atoms with E-state index in [2.05, 4.69) is 5.32 Å². The summed E-state index contributed by atoms with van der Waals surface area (Å²) in [6, 6.07) is 26.5. The quantitative estimate of drug-likeness (QED) is 0.500. The summed E-state index contributed by atoms with van der Waals surface area (Å²) in [6.07, 6.45) is -0.359. The van der Waals surface area contributed by atoms with Crippen LogP contribution in [-0.2, 0) is 27.3 Å². The lowest BCUT2D eigenvalue weighted by Crippen LogP contribution is -2.45. The van der Waals surface area contributed by atoms with E-state index in [4.69, 9.17) is 9.47 Å². The van der Waals surface area contributed by atoms with Crippen molar-refractivity contribution in [2.45, 2.75) is 45.4 Å². The first kappa shape index (κ1) is 23.1. The SMILES string of the molecule is CC(C)(C)OC(=O)NC(Cc1ccc(-c2ccccc2)cc1)C(=O)OCc1ccccc1. The fraction of sp³-hybridized carbons (Fsp3) is 0.259. The van der Waals surface area contributed by atoms with Crippen LogP contribution < -0.4 is 5.32 Å². The molecule has 0 aliphatic rings. The van der Waals surface area contributed by atoms with Gasteiger partial charge >= 0.3 is 12.1 Å². The van der Waals surface area contributed by atoms with Crippen molar-refractivity contribution in [3.63, 3.8) is 0 Å². The molecule has 0 aliphatic carbocycles. The zero-order chi connectivity index (χ0) is 23.0. The summed E-state index contributed by atoms with van der Waals surface area (Å²) >= 11 is 0. The summed E-state index contributed by atoms with van der Waals surface area (Å²) in [5, 5.41) is 2.67. The van der Waals surface area contributed by atoms with Crippen LogP contribution in [0.1, 0.15) is 31.9 Å². The summed E-state index contributed by atoms with van der Waals surface area (Å²) in [7, 11) is 0. The summed E-state index contributed by atoms with van der Waals surface area (Å²) in [5.74, 6) is -0.508. The summed E-state index contributed by atoms with van der Waals surface area (Å²) in [6.45, 7) is 5.46. The third kappa shape index (κ3) is 7.27. The summed E-state index contributed by atoms with van der Waals surface area (Å²) < 4.78 is 10.8. The zero-order valence-corrected chi connectivity index (χ0v) is 18.7. The maximum Gasteiger partial charge on any atom is 0.408 e. The standard InChI is InChI=1S/C27H29NO4/c1-27(2,3)32-26(30)28-24(25(29)31-19-21-10-6-4-7-11-21)18-20-14-16-23(17-15-20)22-12-8-5-9-13-22/h4-17,24H,18-19H2,1-3H3,(H,28,30). The minimum Gasteiger partial charge on any atom is -0.459 e. The first-order chi connectivity index (χ1) is 15.3. The Morgan fingerprint density at radius 3 is 1.94 bits per heavy atom. The number of hydrogen-bond donors (Lipinski definition) is 1. The number of alkyl carbamates (subject to hydrolysis) is 1. The van der Waals surface area contributed by atoms with Crippen molar-refractivity contribution in [3.05, 3.63) is 96.1 Å². The lowest BCUT2D eigenvalue weighted by atomic mass is 10.0. The van der Waals surface area contributed by atoms with E-state index in [0.717, 1.165) is 22.3 Å². The van der Waals surface area contributed by atoms with Gasteiger partial charge in [-0.1, -0.05) is 84.9 Å². The molecule has 0 saturated heterocycles. The van der Waals surface area contributed by atoms with E-state index in [1.165, 1.54) is 0 Å². The Morgan fingerprint density at radius 1 is 0.781 bits per heavy atom. The van der Waals surface area contributed by atoms with Gasteiger partial charge in [-0.3, -0.25) is 0 Å². The van der Waals surface area contributed by atoms with Gasteiger partial charge < -0.3 is 14.8 Å². The number of rotatable bonds is 7. The first-order valence-electron chi connectivity index (χ1n) is 10.6. The molecule has 0 radical (unpaired) electrons. The highest BCUT2D eigenvalue weighted by Crippen LogP contribution is 2.20. The predicted octanol–water partition coefficient (Wildman–Crippen LogP) is 5.53. The highest BCUT2D eigenvalue weighted by atomic mass is 16.6. The second-order valence-corrected chi connectivity index (χ2v) is 8.56. The van der Waals surface area contributed by atoms with Gasteiger partial charge in [-0.25, -0.2) is 9.59 Å². The molecule has 5 nitrogen and oxygen atoms in total. The van der Waals surface area contributed by atoms with Crippen molar-refractivity contribution >= 4 is 12.1 Å². The molecule has 1 N–H and O–H groups in total. The average Bonchev–Trinajstić information content (AvgIpc) is 2.77. The van der Waals surface area contributed by atoms with E-state index >= 15 is 0 Å². The highest BCUT2D eigenvalue weighted by molar-refractivity contribution is 5.82. The van der Waals surface area contributed by atoms with Crippen LogP contribution in [0, 0.1) is 0 Å². The largest absolute Gasteiger partial charge is 0.459 e. The summed E-state index contributed by atoms with van der Waals surface area (Å²) in [5.41, 5.74) is 3.31. The highest BCUT2D eigenvalue weighted by Gasteiger charge is 2.26. The predicted molar refractivity (Wildman–Crippen MR) is 125 cm³/mol. The van der Waals surface area contributed by atoms with Crippen LogP contribution in [0.2, 0.25) is 0 Å². The van der Waals surface area contributed by atoms with Crippen molar-refractivity contribution in [1.29, 1.82) is 0 Å². The summed E-state index contributed by atoms with van der Waals surface area (Å²) in [4.78, 5) is 25.2. The molecule has 0 aliphatic heterocycles. The van der Waals surface area contributed by atoms with Crippen LogP contribution in [0.5, 0.6) is 0 Å². The fourth-order valence-corrected chi connectivity index (χ4v) is 3.17. The number of amides is 1. The number of carbonyl (C=O) groups excluding carboxylic acids is 2. The Labute approximate surface area is 189 Å². The molecule has 1 atom stereocenters. The topological polar surface area (TPSA) is 64.6 Å². The second kappa shape index (κ2) is 10.6. The molecular formula is C27H29NO4. The minimum absolute atomic E-state index is 0.138. The van der Waals surface area contributed by atoms with Crippen LogP contribution in [0.25, 0.3) is 11.1 Å². The number of nitrogens with one attached hydrogen (secondary N) is 1. The molecule has 3 aromatic carbocycles. The molecule has 0 saturated carbocycles. The molecule has 166 valence electrons. The molecule has 5 heteroatoms. The molecule has 1 unspecified atom stereocenters. The average molecular weight is 432 g/mol. The smallest absolute Gasteiger partial charge is 0.408 e. The lowest BCUT2D eigenvalue weighted by molar-refractivity contribution is -0.147. The van der Waals surface area contributed by atoms with Gasteiger partial charge in [-0.15, -0.1) is 0 Å². The van der Waals surface area contributed by atoms with Gasteiger partial charge in [0.15, 0.2) is 0 Å². The Kier molecular flexibility index (Phi) is 7.66. The van der Waals surface area contributed by atoms with Crippen LogP contribution >= 0.6 is 0 Å². The number of hydrogen-bond acceptors (Lipinski definition) is 4. The molecule has 32 heavy (non-hydrogen) atoms. The number of benzene rings is 3. The van der Waals surface area contributed by atoms with E-state index in [1.807, 2.05) is 84.9 Å². The monoisotopic (exact) mass is 431 g/mol. The Morgan fingerprint density at radius 2 is 1.34 bits per heavy atom. The van der Waals surface area contributed by atoms with Crippen LogP contribution in [0.3, 0.4) is 0 Å². The third-order valence-corrected chi connectivity index (χ3v) is 4.70. The molecule has 3 aromatic rings. The van der Waals surface area contributed by atoms with E-state index in [1.54, 1.807) is 20.8 Å². The lowest BCUT2D eigenvalue weighted by Gasteiger charge is -2.23. The Hall–Kier alpha value is -3.60. The van der Waals surface area contributed by atoms with Gasteiger partial charge in [0.1, 0.15) is 18.2 Å². The van der Waals surface area contributed by atoms with E-state index in [-0.39, 0.29) is 6.61 Å². The van der Waals surface area contributed by atoms with Crippen LogP contribution in [-0.4, -0.2) is 23.7 Å². The Balaban J connectivity index is 1.70. The maximum atomic E-state index is 12.8. The molecular weight excluding hydrogens is 402 g/mol. The second-order valence-electron chi connectivity index (χ2n) is 8.56. The van der Waals surface area contributed by atoms with Crippen LogP contribution in [0.15, 0.2) is 84.9 Å². The maximum absolute atomic E-state index is 12.8. The van der Waals surface area contributed by atoms with Crippen molar-refractivity contribution in [2.24, 2.45) is 0 Å². The number of carbonyl (C=O) groups is 2. The Bertz CT molecular complexity index is 1010. The van der Waals surface area contributed by atoms with Gasteiger partial charge in [0.05, 0.1) is 0 Å². The van der Waals surface area contributed by atoms with Gasteiger partial charge in [-0.2, -0.15) is 0 Å².